The molecule has 1 fully saturated rings. The average molecular weight is 326 g/mol. The van der Waals surface area contributed by atoms with E-state index in [-0.39, 0.29) is 11.9 Å². The molecule has 0 saturated heterocycles. The predicted molar refractivity (Wildman–Crippen MR) is 97.3 cm³/mol. The summed E-state index contributed by atoms with van der Waals surface area (Å²) in [5.41, 5.74) is 5.69. The number of hydrogen-bond acceptors (Lipinski definition) is 3. The Labute approximate surface area is 143 Å². The normalized spacial score (nSPS) is 21.3. The lowest BCUT2D eigenvalue weighted by atomic mass is 9.82. The number of unbranched alkanes of at least 4 members (excludes halogenated alkanes) is 9. The number of carbonyl (C=O) groups excluding carboxylic acids is 1. The summed E-state index contributed by atoms with van der Waals surface area (Å²) in [6, 6.07) is 0. The van der Waals surface area contributed by atoms with Gasteiger partial charge in [-0.05, 0) is 44.6 Å². The molecule has 0 bridgehead atoms. The van der Waals surface area contributed by atoms with Crippen LogP contribution in [0.5, 0.6) is 0 Å². The van der Waals surface area contributed by atoms with Crippen molar-refractivity contribution in [2.75, 3.05) is 13.2 Å². The molecule has 1 aliphatic carbocycles. The van der Waals surface area contributed by atoms with Crippen molar-refractivity contribution in [1.29, 1.82) is 0 Å². The van der Waals surface area contributed by atoms with Crippen LogP contribution in [0.3, 0.4) is 0 Å². The van der Waals surface area contributed by atoms with Crippen LogP contribution in [-0.4, -0.2) is 19.1 Å². The second-order valence-corrected chi connectivity index (χ2v) is 7.30. The Hall–Kier alpha value is -0.570. The molecular formula is C20H39NO2. The van der Waals surface area contributed by atoms with Crippen LogP contribution in [0.25, 0.3) is 0 Å². The maximum absolute atomic E-state index is 12.0. The largest absolute Gasteiger partial charge is 0.465 e. The fourth-order valence-electron chi connectivity index (χ4n) is 3.51. The lowest BCUT2D eigenvalue weighted by molar-refractivity contribution is -0.150. The molecule has 0 heterocycles. The molecule has 136 valence electrons. The maximum Gasteiger partial charge on any atom is 0.308 e. The van der Waals surface area contributed by atoms with Crippen LogP contribution in [0.1, 0.15) is 96.8 Å². The van der Waals surface area contributed by atoms with E-state index >= 15 is 0 Å². The number of esters is 1. The Bertz CT molecular complexity index is 285. The first-order valence-corrected chi connectivity index (χ1v) is 10.1. The maximum atomic E-state index is 12.0. The van der Waals surface area contributed by atoms with Gasteiger partial charge < -0.3 is 10.5 Å². The van der Waals surface area contributed by atoms with Crippen LogP contribution in [0, 0.1) is 11.8 Å². The Morgan fingerprint density at radius 1 is 0.870 bits per heavy atom. The van der Waals surface area contributed by atoms with Crippen molar-refractivity contribution in [3.05, 3.63) is 0 Å². The number of rotatable bonds is 13. The molecule has 2 N–H and O–H groups in total. The molecule has 3 nitrogen and oxygen atoms in total. The third-order valence-corrected chi connectivity index (χ3v) is 5.26. The standard InChI is InChI=1S/C20H39NO2/c1-2-3-4-5-6-7-8-9-10-11-16-23-20(22)19-14-12-18(17-21)13-15-19/h18-19H,2-17,21H2,1H3/t18-,19-. The fourth-order valence-corrected chi connectivity index (χ4v) is 3.51. The molecule has 0 amide bonds. The van der Waals surface area contributed by atoms with Crippen molar-refractivity contribution in [3.63, 3.8) is 0 Å². The van der Waals surface area contributed by atoms with Gasteiger partial charge in [-0.3, -0.25) is 4.79 Å². The van der Waals surface area contributed by atoms with E-state index in [0.29, 0.717) is 12.5 Å². The van der Waals surface area contributed by atoms with E-state index in [2.05, 4.69) is 6.92 Å². The topological polar surface area (TPSA) is 52.3 Å². The van der Waals surface area contributed by atoms with Gasteiger partial charge in [-0.25, -0.2) is 0 Å². The van der Waals surface area contributed by atoms with Crippen molar-refractivity contribution in [3.8, 4) is 0 Å². The Balaban J connectivity index is 1.86. The first-order chi connectivity index (χ1) is 11.3. The van der Waals surface area contributed by atoms with Crippen LogP contribution in [0.2, 0.25) is 0 Å². The van der Waals surface area contributed by atoms with Crippen molar-refractivity contribution in [2.45, 2.75) is 96.8 Å². The lowest BCUT2D eigenvalue weighted by Crippen LogP contribution is -2.27. The molecule has 0 aromatic rings. The quantitative estimate of drug-likeness (QED) is 0.373. The van der Waals surface area contributed by atoms with E-state index in [9.17, 15) is 4.79 Å². The molecule has 1 aliphatic rings. The third kappa shape index (κ3) is 10.0. The molecule has 3 heteroatoms. The molecule has 0 aromatic heterocycles. The second kappa shape index (κ2) is 13.8. The summed E-state index contributed by atoms with van der Waals surface area (Å²) in [6.45, 7) is 3.64. The minimum Gasteiger partial charge on any atom is -0.465 e. The molecule has 1 rings (SSSR count). The molecule has 0 unspecified atom stereocenters. The molecule has 0 aromatic carbocycles. The average Bonchev–Trinajstić information content (AvgIpc) is 2.59. The summed E-state index contributed by atoms with van der Waals surface area (Å²) >= 11 is 0. The van der Waals surface area contributed by atoms with Gasteiger partial charge >= 0.3 is 5.97 Å². The van der Waals surface area contributed by atoms with Gasteiger partial charge in [0.1, 0.15) is 0 Å². The minimum absolute atomic E-state index is 0.0383. The summed E-state index contributed by atoms with van der Waals surface area (Å²) in [7, 11) is 0. The van der Waals surface area contributed by atoms with Crippen molar-refractivity contribution in [1.82, 2.24) is 0 Å². The van der Waals surface area contributed by atoms with Gasteiger partial charge in [-0.15, -0.1) is 0 Å². The molecule has 0 radical (unpaired) electrons. The third-order valence-electron chi connectivity index (χ3n) is 5.26. The SMILES string of the molecule is CCCCCCCCCCCCOC(=O)[C@H]1CC[C@H](CN)CC1. The van der Waals surface area contributed by atoms with Crippen molar-refractivity contribution in [2.24, 2.45) is 17.6 Å². The summed E-state index contributed by atoms with van der Waals surface area (Å²) in [5, 5.41) is 0. The zero-order chi connectivity index (χ0) is 16.8. The van der Waals surface area contributed by atoms with Crippen LogP contribution in [0.4, 0.5) is 0 Å². The first kappa shape index (κ1) is 20.5. The zero-order valence-electron chi connectivity index (χ0n) is 15.4. The number of ether oxygens (including phenoxy) is 1. The Morgan fingerprint density at radius 2 is 1.39 bits per heavy atom. The van der Waals surface area contributed by atoms with Gasteiger partial charge in [0.2, 0.25) is 0 Å². The Morgan fingerprint density at radius 3 is 1.91 bits per heavy atom. The number of carbonyl (C=O) groups is 1. The van der Waals surface area contributed by atoms with Crippen LogP contribution >= 0.6 is 0 Å². The highest BCUT2D eigenvalue weighted by molar-refractivity contribution is 5.72. The van der Waals surface area contributed by atoms with Gasteiger partial charge in [-0.2, -0.15) is 0 Å². The molecule has 23 heavy (non-hydrogen) atoms. The smallest absolute Gasteiger partial charge is 0.308 e. The Kier molecular flexibility index (Phi) is 12.3. The molecule has 0 spiro atoms. The monoisotopic (exact) mass is 325 g/mol. The van der Waals surface area contributed by atoms with Gasteiger partial charge in [-0.1, -0.05) is 64.7 Å². The van der Waals surface area contributed by atoms with Gasteiger partial charge in [0.05, 0.1) is 12.5 Å². The zero-order valence-corrected chi connectivity index (χ0v) is 15.4. The fraction of sp³-hybridized carbons (Fsp3) is 0.950. The van der Waals surface area contributed by atoms with Gasteiger partial charge in [0.25, 0.3) is 0 Å². The second-order valence-electron chi connectivity index (χ2n) is 7.30. The van der Waals surface area contributed by atoms with Gasteiger partial charge in [0.15, 0.2) is 0 Å². The van der Waals surface area contributed by atoms with E-state index in [4.69, 9.17) is 10.5 Å². The number of hydrogen-bond donors (Lipinski definition) is 1. The summed E-state index contributed by atoms with van der Waals surface area (Å²) in [4.78, 5) is 12.0. The van der Waals surface area contributed by atoms with E-state index in [1.807, 2.05) is 0 Å². The van der Waals surface area contributed by atoms with Crippen LogP contribution in [0.15, 0.2) is 0 Å². The van der Waals surface area contributed by atoms with Crippen molar-refractivity contribution >= 4 is 5.97 Å². The highest BCUT2D eigenvalue weighted by Gasteiger charge is 2.26. The number of nitrogens with two attached hydrogens (primary N) is 1. The van der Waals surface area contributed by atoms with Crippen molar-refractivity contribution < 1.29 is 9.53 Å². The van der Waals surface area contributed by atoms with Crippen LogP contribution in [-0.2, 0) is 9.53 Å². The highest BCUT2D eigenvalue weighted by Crippen LogP contribution is 2.28. The minimum atomic E-state index is 0.0383. The molecule has 0 atom stereocenters. The van der Waals surface area contributed by atoms with Crippen LogP contribution < -0.4 is 5.73 Å². The summed E-state index contributed by atoms with van der Waals surface area (Å²) in [5.74, 6) is 0.804. The first-order valence-electron chi connectivity index (χ1n) is 10.1. The summed E-state index contributed by atoms with van der Waals surface area (Å²) < 4.78 is 5.45. The lowest BCUT2D eigenvalue weighted by Gasteiger charge is -2.26. The van der Waals surface area contributed by atoms with E-state index in [0.717, 1.165) is 38.6 Å². The van der Waals surface area contributed by atoms with E-state index < -0.39 is 0 Å². The van der Waals surface area contributed by atoms with E-state index in [1.165, 1.54) is 57.8 Å². The molecular weight excluding hydrogens is 286 g/mol. The summed E-state index contributed by atoms with van der Waals surface area (Å²) in [6.07, 6.45) is 17.2. The van der Waals surface area contributed by atoms with Gasteiger partial charge in [0, 0.05) is 0 Å². The highest BCUT2D eigenvalue weighted by atomic mass is 16.5. The van der Waals surface area contributed by atoms with E-state index in [1.54, 1.807) is 0 Å². The predicted octanol–water partition coefficient (Wildman–Crippen LogP) is 5.22. The molecule has 1 saturated carbocycles. The molecule has 0 aliphatic heterocycles.